The summed E-state index contributed by atoms with van der Waals surface area (Å²) in [6.07, 6.45) is 7.15. The normalized spacial score (nSPS) is 16.7. The number of aliphatic carboxylic acids is 2. The van der Waals surface area contributed by atoms with Crippen LogP contribution in [0.5, 0.6) is 0 Å². The van der Waals surface area contributed by atoms with Crippen molar-refractivity contribution in [2.75, 3.05) is 0 Å². The second-order valence-corrected chi connectivity index (χ2v) is 12.2. The molecule has 2 atom stereocenters. The molecule has 5 rings (SSSR count). The molecule has 10 nitrogen and oxygen atoms in total. The van der Waals surface area contributed by atoms with E-state index < -0.39 is 30.3 Å². The van der Waals surface area contributed by atoms with Gasteiger partial charge in [0.25, 0.3) is 5.91 Å². The number of benzene rings is 2. The number of thiazole rings is 1. The Morgan fingerprint density at radius 3 is 2.29 bits per heavy atom. The van der Waals surface area contributed by atoms with Crippen molar-refractivity contribution >= 4 is 59.1 Å². The Labute approximate surface area is 250 Å². The van der Waals surface area contributed by atoms with Crippen molar-refractivity contribution in [2.45, 2.75) is 43.5 Å². The van der Waals surface area contributed by atoms with E-state index in [0.29, 0.717) is 5.01 Å². The Balaban J connectivity index is 1.28. The van der Waals surface area contributed by atoms with Gasteiger partial charge in [0.1, 0.15) is 16.7 Å². The Morgan fingerprint density at radius 2 is 1.71 bits per heavy atom. The smallest absolute Gasteiger partial charge is 0.326 e. The summed E-state index contributed by atoms with van der Waals surface area (Å²) >= 11 is 2.78. The highest BCUT2D eigenvalue weighted by atomic mass is 32.2. The number of aromatic nitrogens is 1. The summed E-state index contributed by atoms with van der Waals surface area (Å²) in [6.45, 7) is 4.25. The van der Waals surface area contributed by atoms with Gasteiger partial charge in [-0.2, -0.15) is 0 Å². The lowest BCUT2D eigenvalue weighted by atomic mass is 9.97. The van der Waals surface area contributed by atoms with Gasteiger partial charge >= 0.3 is 18.0 Å². The summed E-state index contributed by atoms with van der Waals surface area (Å²) in [5, 5.41) is 24.8. The minimum absolute atomic E-state index is 0.0107. The second-order valence-electron chi connectivity index (χ2n) is 10.0. The van der Waals surface area contributed by atoms with Crippen LogP contribution in [0.2, 0.25) is 0 Å². The Kier molecular flexibility index (Phi) is 8.46. The molecule has 2 aromatic carbocycles. The maximum Gasteiger partial charge on any atom is 0.326 e. The SMILES string of the molecule is Cc1ccc2c(c1)C=Cc1cc(C)ccc1C2SC1C=CN(Cc2nc(C(=O)N[C@@H](CC(=O)O)C(=O)O)cs2)C(=O)N1. The monoisotopic (exact) mass is 604 g/mol. The number of carboxylic acids is 2. The quantitative estimate of drug-likeness (QED) is 0.273. The molecule has 2 aliphatic rings. The number of aryl methyl sites for hydroxylation is 2. The Bertz CT molecular complexity index is 1580. The fourth-order valence-electron chi connectivity index (χ4n) is 4.74. The molecule has 42 heavy (non-hydrogen) atoms. The highest BCUT2D eigenvalue weighted by molar-refractivity contribution is 8.00. The number of carbonyl (C=O) groups excluding carboxylic acids is 2. The molecule has 1 aromatic heterocycles. The molecule has 4 N–H and O–H groups in total. The minimum Gasteiger partial charge on any atom is -0.481 e. The first-order valence-corrected chi connectivity index (χ1v) is 14.9. The van der Waals surface area contributed by atoms with Crippen LogP contribution >= 0.6 is 23.1 Å². The highest BCUT2D eigenvalue weighted by Gasteiger charge is 2.29. The fraction of sp³-hybridized carbons (Fsp3) is 0.233. The molecule has 0 saturated heterocycles. The third kappa shape index (κ3) is 6.55. The molecule has 0 bridgehead atoms. The van der Waals surface area contributed by atoms with Gasteiger partial charge in [-0.25, -0.2) is 14.6 Å². The predicted molar refractivity (Wildman–Crippen MR) is 161 cm³/mol. The van der Waals surface area contributed by atoms with E-state index in [2.05, 4.69) is 78.0 Å². The lowest BCUT2D eigenvalue weighted by Crippen LogP contribution is -2.44. The fourth-order valence-corrected chi connectivity index (χ4v) is 6.86. The first-order valence-electron chi connectivity index (χ1n) is 13.1. The number of urea groups is 1. The van der Waals surface area contributed by atoms with Crippen LogP contribution in [0.4, 0.5) is 4.79 Å². The van der Waals surface area contributed by atoms with Gasteiger partial charge in [-0.1, -0.05) is 59.7 Å². The molecule has 216 valence electrons. The van der Waals surface area contributed by atoms with Gasteiger partial charge in [0.2, 0.25) is 0 Å². The van der Waals surface area contributed by atoms with E-state index in [9.17, 15) is 19.2 Å². The molecular formula is C30H28N4O6S2. The molecule has 1 aliphatic carbocycles. The summed E-state index contributed by atoms with van der Waals surface area (Å²) in [7, 11) is 0. The van der Waals surface area contributed by atoms with Crippen LogP contribution in [0.25, 0.3) is 12.2 Å². The summed E-state index contributed by atoms with van der Waals surface area (Å²) in [4.78, 5) is 53.3. The largest absolute Gasteiger partial charge is 0.481 e. The molecule has 0 saturated carbocycles. The summed E-state index contributed by atoms with van der Waals surface area (Å²) in [6, 6.07) is 11.0. The van der Waals surface area contributed by atoms with E-state index in [1.54, 1.807) is 18.0 Å². The van der Waals surface area contributed by atoms with E-state index in [-0.39, 0.29) is 28.9 Å². The van der Waals surface area contributed by atoms with Crippen molar-refractivity contribution in [3.8, 4) is 0 Å². The number of hydrogen-bond acceptors (Lipinski definition) is 7. The van der Waals surface area contributed by atoms with Gasteiger partial charge in [-0.3, -0.25) is 14.5 Å². The van der Waals surface area contributed by atoms with E-state index in [4.69, 9.17) is 10.2 Å². The van der Waals surface area contributed by atoms with Crippen molar-refractivity contribution in [1.82, 2.24) is 20.5 Å². The second kappa shape index (κ2) is 12.2. The molecule has 1 unspecified atom stereocenters. The molecular weight excluding hydrogens is 576 g/mol. The zero-order valence-corrected chi connectivity index (χ0v) is 24.4. The zero-order chi connectivity index (χ0) is 30.0. The number of hydrogen-bond donors (Lipinski definition) is 4. The van der Waals surface area contributed by atoms with Gasteiger partial charge in [-0.05, 0) is 42.2 Å². The van der Waals surface area contributed by atoms with Gasteiger partial charge in [0.05, 0.1) is 23.6 Å². The number of fused-ring (bicyclic) bond motifs is 2. The van der Waals surface area contributed by atoms with Gasteiger partial charge in [-0.15, -0.1) is 23.1 Å². The maximum absolute atomic E-state index is 13.1. The molecule has 12 heteroatoms. The lowest BCUT2D eigenvalue weighted by Gasteiger charge is -2.30. The first kappa shape index (κ1) is 29.1. The van der Waals surface area contributed by atoms with Crippen LogP contribution in [0.3, 0.4) is 0 Å². The lowest BCUT2D eigenvalue weighted by molar-refractivity contribution is -0.145. The van der Waals surface area contributed by atoms with Gasteiger partial charge in [0.15, 0.2) is 0 Å². The number of carboxylic acid groups (broad SMARTS) is 2. The number of nitrogens with one attached hydrogen (secondary N) is 2. The van der Waals surface area contributed by atoms with Crippen LogP contribution in [-0.2, 0) is 16.1 Å². The van der Waals surface area contributed by atoms with E-state index >= 15 is 0 Å². The van der Waals surface area contributed by atoms with Crippen molar-refractivity contribution in [3.63, 3.8) is 0 Å². The number of amides is 3. The standard InChI is InChI=1S/C30H28N4O6S2/c1-16-3-7-20-18(11-16)5-6-19-12-17(2)4-8-21(19)27(20)42-24-9-10-34(30(40)33-24)14-25-31-23(15-41-25)28(37)32-22(29(38)39)13-26(35)36/h3-12,15,22,24,27H,13-14H2,1-2H3,(H,32,37)(H,33,40)(H,35,36)(H,38,39)/t22-,24?/m0/s1. The zero-order valence-electron chi connectivity index (χ0n) is 22.7. The number of carbonyl (C=O) groups is 4. The van der Waals surface area contributed by atoms with Crippen molar-refractivity contribution in [2.24, 2.45) is 0 Å². The third-order valence-corrected chi connectivity index (χ3v) is 9.00. The van der Waals surface area contributed by atoms with Crippen LogP contribution < -0.4 is 10.6 Å². The van der Waals surface area contributed by atoms with Crippen molar-refractivity contribution in [3.05, 3.63) is 98.1 Å². The van der Waals surface area contributed by atoms with Crippen LogP contribution in [0, 0.1) is 13.8 Å². The minimum atomic E-state index is -1.58. The Hall–Kier alpha value is -4.42. The molecule has 3 aromatic rings. The molecule has 1 aliphatic heterocycles. The highest BCUT2D eigenvalue weighted by Crippen LogP contribution is 2.44. The van der Waals surface area contributed by atoms with Crippen molar-refractivity contribution in [1.29, 1.82) is 0 Å². The van der Waals surface area contributed by atoms with Crippen molar-refractivity contribution < 1.29 is 29.4 Å². The van der Waals surface area contributed by atoms with Crippen LogP contribution in [-0.4, -0.2) is 55.4 Å². The van der Waals surface area contributed by atoms with Gasteiger partial charge in [0, 0.05) is 11.6 Å². The van der Waals surface area contributed by atoms with Gasteiger partial charge < -0.3 is 20.8 Å². The molecule has 3 amide bonds. The number of nitrogens with zero attached hydrogens (tertiary/aromatic N) is 2. The topological polar surface area (TPSA) is 149 Å². The average Bonchev–Trinajstić information content (AvgIpc) is 3.35. The summed E-state index contributed by atoms with van der Waals surface area (Å²) < 4.78 is 0. The van der Waals surface area contributed by atoms with E-state index in [1.165, 1.54) is 32.5 Å². The molecule has 0 radical (unpaired) electrons. The van der Waals surface area contributed by atoms with Crippen LogP contribution in [0.1, 0.15) is 60.5 Å². The summed E-state index contributed by atoms with van der Waals surface area (Å²) in [5.41, 5.74) is 6.95. The number of rotatable bonds is 9. The maximum atomic E-state index is 13.1. The number of thioether (sulfide) groups is 1. The molecule has 0 fully saturated rings. The average molecular weight is 605 g/mol. The third-order valence-electron chi connectivity index (χ3n) is 6.81. The Morgan fingerprint density at radius 1 is 1.07 bits per heavy atom. The van der Waals surface area contributed by atoms with E-state index in [1.807, 2.05) is 6.08 Å². The van der Waals surface area contributed by atoms with E-state index in [0.717, 1.165) is 22.5 Å². The summed E-state index contributed by atoms with van der Waals surface area (Å²) in [5.74, 6) is -3.61. The molecule has 2 heterocycles. The van der Waals surface area contributed by atoms with Crippen LogP contribution in [0.15, 0.2) is 54.1 Å². The predicted octanol–water partition coefficient (Wildman–Crippen LogP) is 4.79. The molecule has 0 spiro atoms. The first-order chi connectivity index (χ1) is 20.1.